The summed E-state index contributed by atoms with van der Waals surface area (Å²) in [5, 5.41) is 3.75. The quantitative estimate of drug-likeness (QED) is 0.626. The lowest BCUT2D eigenvalue weighted by Gasteiger charge is -2.08. The Labute approximate surface area is 140 Å². The Kier molecular flexibility index (Phi) is 5.66. The summed E-state index contributed by atoms with van der Waals surface area (Å²) >= 11 is 5.92. The lowest BCUT2D eigenvalue weighted by molar-refractivity contribution is 0.104. The molecule has 0 heterocycles. The van der Waals surface area contributed by atoms with E-state index in [9.17, 15) is 4.79 Å². The van der Waals surface area contributed by atoms with E-state index in [1.165, 1.54) is 13.2 Å². The molecule has 0 spiro atoms. The van der Waals surface area contributed by atoms with E-state index in [-0.39, 0.29) is 5.78 Å². The molecule has 0 fully saturated rings. The normalized spacial score (nSPS) is 10.6. The van der Waals surface area contributed by atoms with Crippen molar-refractivity contribution in [2.75, 3.05) is 19.5 Å². The highest BCUT2D eigenvalue weighted by atomic mass is 35.5. The molecule has 0 aliphatic rings. The minimum atomic E-state index is -0.181. The average Bonchev–Trinajstić information content (AvgIpc) is 2.56. The number of allylic oxidation sites excluding steroid dienone is 1. The Hall–Kier alpha value is -2.46. The number of halogens is 1. The number of carbonyl (C=O) groups excluding carboxylic acids is 1. The second-order valence-electron chi connectivity index (χ2n) is 4.87. The zero-order chi connectivity index (χ0) is 16.8. The summed E-state index contributed by atoms with van der Waals surface area (Å²) in [6, 6.07) is 10.6. The third-order valence-electron chi connectivity index (χ3n) is 3.33. The highest BCUT2D eigenvalue weighted by Gasteiger charge is 2.11. The Balaban J connectivity index is 2.15. The first-order valence-electron chi connectivity index (χ1n) is 7.00. The van der Waals surface area contributed by atoms with Crippen molar-refractivity contribution in [2.24, 2.45) is 0 Å². The van der Waals surface area contributed by atoms with E-state index in [2.05, 4.69) is 5.32 Å². The first-order chi connectivity index (χ1) is 11.0. The molecule has 23 heavy (non-hydrogen) atoms. The second kappa shape index (κ2) is 7.70. The Morgan fingerprint density at radius 3 is 2.57 bits per heavy atom. The van der Waals surface area contributed by atoms with Gasteiger partial charge in [0.2, 0.25) is 0 Å². The van der Waals surface area contributed by atoms with Crippen molar-refractivity contribution in [2.45, 2.75) is 6.92 Å². The number of nitrogens with one attached hydrogen (secondary N) is 1. The van der Waals surface area contributed by atoms with Gasteiger partial charge in [0.25, 0.3) is 0 Å². The van der Waals surface area contributed by atoms with Crippen LogP contribution in [0.1, 0.15) is 15.9 Å². The molecule has 0 aliphatic heterocycles. The molecule has 5 heteroatoms. The zero-order valence-electron chi connectivity index (χ0n) is 13.2. The van der Waals surface area contributed by atoms with Crippen molar-refractivity contribution in [1.29, 1.82) is 0 Å². The van der Waals surface area contributed by atoms with Crippen LogP contribution in [0.5, 0.6) is 11.5 Å². The monoisotopic (exact) mass is 331 g/mol. The van der Waals surface area contributed by atoms with Gasteiger partial charge in [0.15, 0.2) is 5.78 Å². The van der Waals surface area contributed by atoms with Crippen LogP contribution in [-0.2, 0) is 0 Å². The maximum absolute atomic E-state index is 12.3. The summed E-state index contributed by atoms with van der Waals surface area (Å²) in [5.74, 6) is 0.923. The van der Waals surface area contributed by atoms with Crippen LogP contribution < -0.4 is 14.8 Å². The van der Waals surface area contributed by atoms with Crippen LogP contribution in [-0.4, -0.2) is 20.0 Å². The lowest BCUT2D eigenvalue weighted by Crippen LogP contribution is -2.01. The summed E-state index contributed by atoms with van der Waals surface area (Å²) in [6.07, 6.45) is 3.04. The van der Waals surface area contributed by atoms with Crippen molar-refractivity contribution in [3.63, 3.8) is 0 Å². The van der Waals surface area contributed by atoms with Crippen LogP contribution in [0.25, 0.3) is 0 Å². The number of aryl methyl sites for hydroxylation is 1. The average molecular weight is 332 g/mol. The number of benzene rings is 2. The van der Waals surface area contributed by atoms with Crippen LogP contribution in [0.3, 0.4) is 0 Å². The number of methoxy groups -OCH3 is 2. The number of hydrogen-bond donors (Lipinski definition) is 1. The molecule has 2 rings (SSSR count). The molecular formula is C18H18ClNO3. The SMILES string of the molecule is COc1ccc(OC)c(C(=O)/C=C/Nc2ccc(Cl)cc2C)c1. The van der Waals surface area contributed by atoms with E-state index in [4.69, 9.17) is 21.1 Å². The van der Waals surface area contributed by atoms with Gasteiger partial charge in [-0.05, 0) is 48.9 Å². The van der Waals surface area contributed by atoms with Gasteiger partial charge in [0.05, 0.1) is 19.8 Å². The molecule has 0 unspecified atom stereocenters. The van der Waals surface area contributed by atoms with Gasteiger partial charge in [-0.25, -0.2) is 0 Å². The van der Waals surface area contributed by atoms with Gasteiger partial charge < -0.3 is 14.8 Å². The highest BCUT2D eigenvalue weighted by molar-refractivity contribution is 6.30. The molecule has 0 aliphatic carbocycles. The molecule has 4 nitrogen and oxygen atoms in total. The first kappa shape index (κ1) is 16.9. The number of anilines is 1. The summed E-state index contributed by atoms with van der Waals surface area (Å²) in [4.78, 5) is 12.3. The fraction of sp³-hybridized carbons (Fsp3) is 0.167. The summed E-state index contributed by atoms with van der Waals surface area (Å²) in [5.41, 5.74) is 2.32. The second-order valence-corrected chi connectivity index (χ2v) is 5.30. The van der Waals surface area contributed by atoms with E-state index in [1.54, 1.807) is 37.6 Å². The van der Waals surface area contributed by atoms with E-state index in [0.29, 0.717) is 22.1 Å². The smallest absolute Gasteiger partial charge is 0.191 e. The molecule has 2 aromatic rings. The Morgan fingerprint density at radius 1 is 1.13 bits per heavy atom. The van der Waals surface area contributed by atoms with E-state index in [0.717, 1.165) is 11.3 Å². The fourth-order valence-corrected chi connectivity index (χ4v) is 2.32. The zero-order valence-corrected chi connectivity index (χ0v) is 14.0. The van der Waals surface area contributed by atoms with Gasteiger partial charge in [0, 0.05) is 23.0 Å². The van der Waals surface area contributed by atoms with Gasteiger partial charge in [0.1, 0.15) is 11.5 Å². The maximum atomic E-state index is 12.3. The Morgan fingerprint density at radius 2 is 1.91 bits per heavy atom. The molecule has 0 saturated carbocycles. The van der Waals surface area contributed by atoms with Gasteiger partial charge in [-0.2, -0.15) is 0 Å². The van der Waals surface area contributed by atoms with E-state index < -0.39 is 0 Å². The molecule has 0 saturated heterocycles. The van der Waals surface area contributed by atoms with Crippen molar-refractivity contribution < 1.29 is 14.3 Å². The molecule has 120 valence electrons. The minimum absolute atomic E-state index is 0.181. The van der Waals surface area contributed by atoms with Gasteiger partial charge in [-0.1, -0.05) is 11.6 Å². The van der Waals surface area contributed by atoms with Gasteiger partial charge in [-0.3, -0.25) is 4.79 Å². The van der Waals surface area contributed by atoms with Crippen LogP contribution >= 0.6 is 11.6 Å². The molecule has 0 amide bonds. The predicted molar refractivity (Wildman–Crippen MR) is 92.8 cm³/mol. The number of rotatable bonds is 6. The molecule has 1 N–H and O–H groups in total. The number of ether oxygens (including phenoxy) is 2. The van der Waals surface area contributed by atoms with E-state index in [1.807, 2.05) is 19.1 Å². The summed E-state index contributed by atoms with van der Waals surface area (Å²) in [7, 11) is 3.08. The van der Waals surface area contributed by atoms with Crippen molar-refractivity contribution in [3.05, 3.63) is 64.8 Å². The van der Waals surface area contributed by atoms with E-state index >= 15 is 0 Å². The fourth-order valence-electron chi connectivity index (χ4n) is 2.09. The first-order valence-corrected chi connectivity index (χ1v) is 7.38. The number of ketones is 1. The van der Waals surface area contributed by atoms with Crippen LogP contribution in [0.15, 0.2) is 48.7 Å². The molecular weight excluding hydrogens is 314 g/mol. The predicted octanol–water partition coefficient (Wildman–Crippen LogP) is 4.47. The van der Waals surface area contributed by atoms with Crippen LogP contribution in [0.4, 0.5) is 5.69 Å². The van der Waals surface area contributed by atoms with Crippen molar-refractivity contribution in [1.82, 2.24) is 0 Å². The summed E-state index contributed by atoms with van der Waals surface area (Å²) < 4.78 is 10.4. The van der Waals surface area contributed by atoms with Gasteiger partial charge in [-0.15, -0.1) is 0 Å². The lowest BCUT2D eigenvalue weighted by atomic mass is 10.1. The minimum Gasteiger partial charge on any atom is -0.497 e. The van der Waals surface area contributed by atoms with Crippen molar-refractivity contribution in [3.8, 4) is 11.5 Å². The molecule has 2 aromatic carbocycles. The number of carbonyl (C=O) groups is 1. The topological polar surface area (TPSA) is 47.6 Å². The third-order valence-corrected chi connectivity index (χ3v) is 3.57. The molecule has 0 atom stereocenters. The molecule has 0 radical (unpaired) electrons. The molecule has 0 aromatic heterocycles. The highest BCUT2D eigenvalue weighted by Crippen LogP contribution is 2.25. The largest absolute Gasteiger partial charge is 0.497 e. The van der Waals surface area contributed by atoms with Crippen LogP contribution in [0, 0.1) is 6.92 Å². The van der Waals surface area contributed by atoms with Gasteiger partial charge >= 0.3 is 0 Å². The standard InChI is InChI=1S/C18H18ClNO3/c1-12-10-13(19)4-6-16(12)20-9-8-17(21)15-11-14(22-2)5-7-18(15)23-3/h4-11,20H,1-3H3/b9-8+. The molecule has 0 bridgehead atoms. The van der Waals surface area contributed by atoms with Crippen molar-refractivity contribution >= 4 is 23.1 Å². The maximum Gasteiger partial charge on any atom is 0.191 e. The third kappa shape index (κ3) is 4.27. The number of hydrogen-bond acceptors (Lipinski definition) is 4. The van der Waals surface area contributed by atoms with Crippen LogP contribution in [0.2, 0.25) is 5.02 Å². The summed E-state index contributed by atoms with van der Waals surface area (Å²) in [6.45, 7) is 1.94. The Bertz CT molecular complexity index is 741.